The third-order valence-corrected chi connectivity index (χ3v) is 5.51. The number of hydrogen-bond acceptors (Lipinski definition) is 3. The molecule has 0 bridgehead atoms. The largest absolute Gasteiger partial charge is 0.309 e. The van der Waals surface area contributed by atoms with Crippen molar-refractivity contribution < 1.29 is 0 Å². The summed E-state index contributed by atoms with van der Waals surface area (Å²) in [4.78, 5) is 6.47. The number of aryl methyl sites for hydroxylation is 2. The molecule has 2 rings (SSSR count). The highest BCUT2D eigenvalue weighted by atomic mass is 32.1. The number of thiazole rings is 1. The van der Waals surface area contributed by atoms with Crippen molar-refractivity contribution in [3.8, 4) is 0 Å². The minimum atomic E-state index is 0.0618. The number of nitrogens with one attached hydrogen (secondary N) is 1. The monoisotopic (exact) mass is 266 g/mol. The molecule has 1 aromatic rings. The van der Waals surface area contributed by atoms with Crippen LogP contribution in [0.15, 0.2) is 0 Å². The first-order chi connectivity index (χ1) is 8.55. The molecule has 3 heteroatoms. The highest BCUT2D eigenvalue weighted by molar-refractivity contribution is 7.11. The molecule has 0 saturated heterocycles. The van der Waals surface area contributed by atoms with Crippen LogP contribution in [0.2, 0.25) is 0 Å². The Balaban J connectivity index is 2.18. The summed E-state index contributed by atoms with van der Waals surface area (Å²) < 4.78 is 0. The van der Waals surface area contributed by atoms with Gasteiger partial charge in [0.05, 0.1) is 11.2 Å². The van der Waals surface area contributed by atoms with Gasteiger partial charge in [0.2, 0.25) is 0 Å². The second-order valence-corrected chi connectivity index (χ2v) is 7.19. The van der Waals surface area contributed by atoms with Gasteiger partial charge in [-0.25, -0.2) is 4.98 Å². The minimum absolute atomic E-state index is 0.0618. The van der Waals surface area contributed by atoms with Gasteiger partial charge in [0.1, 0.15) is 5.01 Å². The molecule has 0 fully saturated rings. The first-order valence-electron chi connectivity index (χ1n) is 7.23. The fourth-order valence-electron chi connectivity index (χ4n) is 2.50. The molecule has 102 valence electrons. The molecule has 1 atom stereocenters. The van der Waals surface area contributed by atoms with Crippen molar-refractivity contribution in [2.45, 2.75) is 64.8 Å². The Hall–Kier alpha value is -0.410. The molecule has 0 aliphatic heterocycles. The van der Waals surface area contributed by atoms with E-state index in [-0.39, 0.29) is 5.54 Å². The van der Waals surface area contributed by atoms with E-state index < -0.39 is 0 Å². The molecule has 1 aliphatic rings. The second-order valence-electron chi connectivity index (χ2n) is 6.11. The van der Waals surface area contributed by atoms with E-state index in [1.165, 1.54) is 49.2 Å². The van der Waals surface area contributed by atoms with E-state index in [9.17, 15) is 0 Å². The van der Waals surface area contributed by atoms with E-state index in [2.05, 4.69) is 33.1 Å². The predicted octanol–water partition coefficient (Wildman–Crippen LogP) is 3.89. The molecule has 1 unspecified atom stereocenters. The predicted molar refractivity (Wildman–Crippen MR) is 79.2 cm³/mol. The Morgan fingerprint density at radius 2 is 2.06 bits per heavy atom. The number of hydrogen-bond donors (Lipinski definition) is 1. The van der Waals surface area contributed by atoms with Gasteiger partial charge in [-0.3, -0.25) is 0 Å². The second kappa shape index (κ2) is 5.70. The van der Waals surface area contributed by atoms with Crippen LogP contribution in [0.4, 0.5) is 0 Å². The Kier molecular flexibility index (Phi) is 4.44. The quantitative estimate of drug-likeness (QED) is 0.874. The van der Waals surface area contributed by atoms with Crippen LogP contribution >= 0.6 is 11.3 Å². The van der Waals surface area contributed by atoms with Crippen LogP contribution < -0.4 is 5.32 Å². The molecule has 2 nitrogen and oxygen atoms in total. The lowest BCUT2D eigenvalue weighted by molar-refractivity contribution is 0.333. The first kappa shape index (κ1) is 14.0. The normalized spacial score (nSPS) is 18.7. The van der Waals surface area contributed by atoms with Gasteiger partial charge in [0.25, 0.3) is 0 Å². The van der Waals surface area contributed by atoms with Crippen molar-refractivity contribution in [3.05, 3.63) is 15.6 Å². The molecule has 18 heavy (non-hydrogen) atoms. The van der Waals surface area contributed by atoms with Crippen LogP contribution in [0.3, 0.4) is 0 Å². The topological polar surface area (TPSA) is 24.9 Å². The number of aromatic nitrogens is 1. The van der Waals surface area contributed by atoms with Crippen LogP contribution in [0.25, 0.3) is 0 Å². The van der Waals surface area contributed by atoms with Crippen molar-refractivity contribution in [2.24, 2.45) is 5.92 Å². The number of fused-ring (bicyclic) bond motifs is 1. The molecule has 1 N–H and O–H groups in total. The molecule has 1 aliphatic carbocycles. The SMILES string of the molecule is CNC(C)(CCC(C)C)c1nc2c(s1)CCCC2. The van der Waals surface area contributed by atoms with Crippen molar-refractivity contribution in [1.29, 1.82) is 0 Å². The molecule has 1 aromatic heterocycles. The van der Waals surface area contributed by atoms with Crippen molar-refractivity contribution >= 4 is 11.3 Å². The van der Waals surface area contributed by atoms with Gasteiger partial charge in [0.15, 0.2) is 0 Å². The third kappa shape index (κ3) is 2.94. The van der Waals surface area contributed by atoms with Gasteiger partial charge in [-0.2, -0.15) is 0 Å². The summed E-state index contributed by atoms with van der Waals surface area (Å²) in [6, 6.07) is 0. The van der Waals surface area contributed by atoms with E-state index in [1.54, 1.807) is 4.88 Å². The maximum Gasteiger partial charge on any atom is 0.113 e. The smallest absolute Gasteiger partial charge is 0.113 e. The van der Waals surface area contributed by atoms with Crippen LogP contribution in [-0.2, 0) is 18.4 Å². The molecule has 0 spiro atoms. The van der Waals surface area contributed by atoms with Gasteiger partial charge in [-0.15, -0.1) is 11.3 Å². The fraction of sp³-hybridized carbons (Fsp3) is 0.800. The van der Waals surface area contributed by atoms with Crippen LogP contribution in [0, 0.1) is 5.92 Å². The summed E-state index contributed by atoms with van der Waals surface area (Å²) in [6.07, 6.45) is 7.53. The minimum Gasteiger partial charge on any atom is -0.309 e. The lowest BCUT2D eigenvalue weighted by atomic mass is 9.92. The third-order valence-electron chi connectivity index (χ3n) is 4.09. The molecule has 0 radical (unpaired) electrons. The Bertz CT molecular complexity index is 374. The zero-order valence-corrected chi connectivity index (χ0v) is 13.0. The van der Waals surface area contributed by atoms with E-state index >= 15 is 0 Å². The van der Waals surface area contributed by atoms with Crippen LogP contribution in [0.5, 0.6) is 0 Å². The van der Waals surface area contributed by atoms with E-state index in [4.69, 9.17) is 4.98 Å². The lowest BCUT2D eigenvalue weighted by Gasteiger charge is -2.27. The van der Waals surface area contributed by atoms with Crippen molar-refractivity contribution in [3.63, 3.8) is 0 Å². The van der Waals surface area contributed by atoms with E-state index in [0.29, 0.717) is 0 Å². The summed E-state index contributed by atoms with van der Waals surface area (Å²) in [6.45, 7) is 6.89. The molecule has 0 saturated carbocycles. The highest BCUT2D eigenvalue weighted by Crippen LogP contribution is 2.35. The summed E-state index contributed by atoms with van der Waals surface area (Å²) in [5.74, 6) is 0.757. The van der Waals surface area contributed by atoms with Crippen molar-refractivity contribution in [2.75, 3.05) is 7.05 Å². The molecule has 1 heterocycles. The van der Waals surface area contributed by atoms with Gasteiger partial charge in [0, 0.05) is 4.88 Å². The fourth-order valence-corrected chi connectivity index (χ4v) is 3.83. The summed E-state index contributed by atoms with van der Waals surface area (Å²) >= 11 is 1.94. The average molecular weight is 266 g/mol. The molecular formula is C15H26N2S. The van der Waals surface area contributed by atoms with E-state index in [1.807, 2.05) is 11.3 Å². The highest BCUT2D eigenvalue weighted by Gasteiger charge is 2.30. The van der Waals surface area contributed by atoms with Gasteiger partial charge in [-0.05, 0) is 58.4 Å². The van der Waals surface area contributed by atoms with E-state index in [0.717, 1.165) is 5.92 Å². The molecule has 0 amide bonds. The lowest BCUT2D eigenvalue weighted by Crippen LogP contribution is -2.37. The summed E-state index contributed by atoms with van der Waals surface area (Å²) in [5.41, 5.74) is 1.44. The van der Waals surface area contributed by atoms with Crippen molar-refractivity contribution in [1.82, 2.24) is 10.3 Å². The maximum absolute atomic E-state index is 4.93. The summed E-state index contributed by atoms with van der Waals surface area (Å²) in [5, 5.41) is 4.81. The molecule has 0 aromatic carbocycles. The maximum atomic E-state index is 4.93. The Labute approximate surface area is 115 Å². The molecular weight excluding hydrogens is 240 g/mol. The van der Waals surface area contributed by atoms with Gasteiger partial charge < -0.3 is 5.32 Å². The average Bonchev–Trinajstić information content (AvgIpc) is 2.80. The zero-order valence-electron chi connectivity index (χ0n) is 12.2. The number of nitrogens with zero attached hydrogens (tertiary/aromatic N) is 1. The summed E-state index contributed by atoms with van der Waals surface area (Å²) in [7, 11) is 2.07. The number of rotatable bonds is 5. The van der Waals surface area contributed by atoms with Crippen LogP contribution in [0.1, 0.15) is 62.0 Å². The zero-order chi connectivity index (χ0) is 13.2. The van der Waals surface area contributed by atoms with Gasteiger partial charge in [-0.1, -0.05) is 13.8 Å². The Morgan fingerprint density at radius 1 is 1.33 bits per heavy atom. The van der Waals surface area contributed by atoms with Crippen LogP contribution in [-0.4, -0.2) is 12.0 Å². The van der Waals surface area contributed by atoms with Gasteiger partial charge >= 0.3 is 0 Å². The Morgan fingerprint density at radius 3 is 2.67 bits per heavy atom. The first-order valence-corrected chi connectivity index (χ1v) is 8.05. The standard InChI is InChI=1S/C15H26N2S/c1-11(2)9-10-15(3,16-4)14-17-12-7-5-6-8-13(12)18-14/h11,16H,5-10H2,1-4H3.